The van der Waals surface area contributed by atoms with Gasteiger partial charge in [-0.15, -0.1) is 0 Å². The Kier molecular flexibility index (Phi) is 7.89. The summed E-state index contributed by atoms with van der Waals surface area (Å²) in [6.45, 7) is 4.98. The van der Waals surface area contributed by atoms with Gasteiger partial charge < -0.3 is 15.4 Å². The highest BCUT2D eigenvalue weighted by Crippen LogP contribution is 2.35. The maximum atomic E-state index is 14.5. The van der Waals surface area contributed by atoms with E-state index in [9.17, 15) is 31.9 Å². The molecule has 1 atom stereocenters. The topological polar surface area (TPSA) is 140 Å². The second kappa shape index (κ2) is 11.6. The van der Waals surface area contributed by atoms with Gasteiger partial charge in [-0.05, 0) is 48.6 Å². The minimum absolute atomic E-state index is 0.0715. The van der Waals surface area contributed by atoms with Crippen LogP contribution in [-0.4, -0.2) is 49.0 Å². The van der Waals surface area contributed by atoms with Crippen molar-refractivity contribution in [2.75, 3.05) is 6.61 Å². The van der Waals surface area contributed by atoms with Crippen LogP contribution >= 0.6 is 0 Å². The summed E-state index contributed by atoms with van der Waals surface area (Å²) in [5.41, 5.74) is 1.73. The van der Waals surface area contributed by atoms with Crippen molar-refractivity contribution in [3.63, 3.8) is 0 Å². The molecule has 0 radical (unpaired) electrons. The summed E-state index contributed by atoms with van der Waals surface area (Å²) in [6.07, 6.45) is -0.476. The number of hydrogen-bond acceptors (Lipinski definition) is 8. The first-order valence-electron chi connectivity index (χ1n) is 12.9. The molecule has 3 heterocycles. The van der Waals surface area contributed by atoms with E-state index in [4.69, 9.17) is 4.74 Å². The average Bonchev–Trinajstić information content (AvgIpc) is 3.57. The van der Waals surface area contributed by atoms with Gasteiger partial charge >= 0.3 is 12.1 Å². The van der Waals surface area contributed by atoms with E-state index in [1.807, 2.05) is 0 Å². The van der Waals surface area contributed by atoms with E-state index < -0.39 is 53.8 Å². The number of nitrogens with zero attached hydrogens (tertiary/aromatic N) is 5. The van der Waals surface area contributed by atoms with Gasteiger partial charge in [0, 0.05) is 12.3 Å². The predicted octanol–water partition coefficient (Wildman–Crippen LogP) is 3.68. The Morgan fingerprint density at radius 3 is 2.72 bits per heavy atom. The van der Waals surface area contributed by atoms with Crippen LogP contribution in [0.2, 0.25) is 0 Å². The lowest BCUT2D eigenvalue weighted by atomic mass is 9.98. The fraction of sp³-hybridized carbons (Fsp3) is 0.250. The molecular formula is C28H23F4N7O4. The molecule has 2 amide bonds. The predicted molar refractivity (Wildman–Crippen MR) is 141 cm³/mol. The van der Waals surface area contributed by atoms with E-state index in [2.05, 4.69) is 37.3 Å². The number of benzene rings is 1. The molecule has 0 spiro atoms. The van der Waals surface area contributed by atoms with Crippen molar-refractivity contribution in [1.82, 2.24) is 35.2 Å². The van der Waals surface area contributed by atoms with E-state index in [1.165, 1.54) is 12.1 Å². The van der Waals surface area contributed by atoms with E-state index in [1.54, 1.807) is 19.1 Å². The van der Waals surface area contributed by atoms with Crippen LogP contribution < -0.4 is 10.6 Å². The van der Waals surface area contributed by atoms with Gasteiger partial charge in [-0.1, -0.05) is 18.7 Å². The Labute approximate surface area is 241 Å². The normalized spacial score (nSPS) is 14.3. The van der Waals surface area contributed by atoms with Gasteiger partial charge in [0.25, 0.3) is 11.8 Å². The minimum atomic E-state index is -4.77. The van der Waals surface area contributed by atoms with Gasteiger partial charge in [0.1, 0.15) is 18.0 Å². The highest BCUT2D eigenvalue weighted by Gasteiger charge is 2.34. The summed E-state index contributed by atoms with van der Waals surface area (Å²) in [5.74, 6) is -4.32. The van der Waals surface area contributed by atoms with Crippen LogP contribution in [-0.2, 0) is 23.9 Å². The monoisotopic (exact) mass is 597 g/mol. The summed E-state index contributed by atoms with van der Waals surface area (Å²) < 4.78 is 59.3. The number of esters is 1. The zero-order valence-corrected chi connectivity index (χ0v) is 22.5. The molecule has 3 aromatic heterocycles. The van der Waals surface area contributed by atoms with Gasteiger partial charge in [0.2, 0.25) is 5.82 Å². The van der Waals surface area contributed by atoms with Crippen molar-refractivity contribution < 1.29 is 36.7 Å². The Hall–Kier alpha value is -5.21. The lowest BCUT2D eigenvalue weighted by molar-refractivity contribution is -0.145. The average molecular weight is 598 g/mol. The molecule has 0 fully saturated rings. The summed E-state index contributed by atoms with van der Waals surface area (Å²) in [5, 5.41) is 9.10. The van der Waals surface area contributed by atoms with Crippen LogP contribution in [0.4, 0.5) is 17.6 Å². The number of aromatic nitrogens is 5. The molecule has 5 rings (SSSR count). The summed E-state index contributed by atoms with van der Waals surface area (Å²) in [6, 6.07) is 5.19. The molecule has 4 aromatic rings. The second-order valence-electron chi connectivity index (χ2n) is 9.56. The largest absolute Gasteiger partial charge is 0.458 e. The standard InChI is InChI=1S/C28H23F4N7O4/c1-3-10-43-26(42)17-4-5-18-16(14(17)2)6-7-20(18)38-25(41)22-11-21(37-23-19(29)13-35-39(22)23)24(40)34-12-15-8-9-33-27(36-15)28(30,31)32/h3-5,8-9,11,13,20H,1,6-7,10,12H2,2H3,(H,34,40)(H,38,41). The highest BCUT2D eigenvalue weighted by molar-refractivity contribution is 5.98. The van der Waals surface area contributed by atoms with Crippen molar-refractivity contribution in [2.45, 2.75) is 38.5 Å². The third-order valence-electron chi connectivity index (χ3n) is 6.84. The smallest absolute Gasteiger partial charge is 0.451 e. The van der Waals surface area contributed by atoms with Gasteiger partial charge in [-0.25, -0.2) is 28.7 Å². The number of hydrogen-bond donors (Lipinski definition) is 2. The third-order valence-corrected chi connectivity index (χ3v) is 6.84. The van der Waals surface area contributed by atoms with Crippen molar-refractivity contribution in [3.05, 3.63) is 100 Å². The van der Waals surface area contributed by atoms with E-state index >= 15 is 0 Å². The van der Waals surface area contributed by atoms with E-state index in [0.29, 0.717) is 18.4 Å². The van der Waals surface area contributed by atoms with Crippen LogP contribution in [0.25, 0.3) is 5.65 Å². The quantitative estimate of drug-likeness (QED) is 0.178. The number of carbonyl (C=O) groups excluding carboxylic acids is 3. The molecule has 0 bridgehead atoms. The van der Waals surface area contributed by atoms with E-state index in [-0.39, 0.29) is 23.7 Å². The first-order chi connectivity index (χ1) is 20.5. The molecule has 1 aliphatic carbocycles. The molecule has 0 saturated carbocycles. The number of nitrogens with one attached hydrogen (secondary N) is 2. The lowest BCUT2D eigenvalue weighted by Crippen LogP contribution is -2.31. The molecule has 43 heavy (non-hydrogen) atoms. The number of rotatable bonds is 8. The van der Waals surface area contributed by atoms with Gasteiger partial charge in [0.15, 0.2) is 11.5 Å². The molecule has 15 heteroatoms. The maximum absolute atomic E-state index is 14.5. The van der Waals surface area contributed by atoms with Crippen LogP contribution in [0, 0.1) is 12.7 Å². The Balaban J connectivity index is 1.37. The zero-order chi connectivity index (χ0) is 30.9. The molecule has 0 saturated heterocycles. The fourth-order valence-corrected chi connectivity index (χ4v) is 4.80. The van der Waals surface area contributed by atoms with Crippen LogP contribution in [0.3, 0.4) is 0 Å². The van der Waals surface area contributed by atoms with Gasteiger partial charge in [-0.3, -0.25) is 9.59 Å². The first kappa shape index (κ1) is 29.3. The lowest BCUT2D eigenvalue weighted by Gasteiger charge is -2.16. The van der Waals surface area contributed by atoms with Crippen molar-refractivity contribution >= 4 is 23.4 Å². The second-order valence-corrected chi connectivity index (χ2v) is 9.56. The van der Waals surface area contributed by atoms with Crippen LogP contribution in [0.15, 0.2) is 49.3 Å². The number of amides is 2. The van der Waals surface area contributed by atoms with E-state index in [0.717, 1.165) is 39.7 Å². The molecule has 1 aromatic carbocycles. The highest BCUT2D eigenvalue weighted by atomic mass is 19.4. The van der Waals surface area contributed by atoms with Crippen molar-refractivity contribution in [3.8, 4) is 0 Å². The first-order valence-corrected chi connectivity index (χ1v) is 12.9. The summed E-state index contributed by atoms with van der Waals surface area (Å²) in [7, 11) is 0. The Bertz CT molecular complexity index is 1770. The number of halogens is 4. The van der Waals surface area contributed by atoms with Gasteiger partial charge in [-0.2, -0.15) is 18.3 Å². The summed E-state index contributed by atoms with van der Waals surface area (Å²) in [4.78, 5) is 49.2. The molecular weight excluding hydrogens is 574 g/mol. The number of carbonyl (C=O) groups is 3. The zero-order valence-electron chi connectivity index (χ0n) is 22.5. The fourth-order valence-electron chi connectivity index (χ4n) is 4.80. The maximum Gasteiger partial charge on any atom is 0.451 e. The number of alkyl halides is 3. The molecule has 222 valence electrons. The number of fused-ring (bicyclic) bond motifs is 2. The molecule has 2 N–H and O–H groups in total. The Morgan fingerprint density at radius 2 is 1.98 bits per heavy atom. The molecule has 1 aliphatic rings. The summed E-state index contributed by atoms with van der Waals surface area (Å²) >= 11 is 0. The third kappa shape index (κ3) is 5.91. The number of ether oxygens (including phenoxy) is 1. The minimum Gasteiger partial charge on any atom is -0.458 e. The Morgan fingerprint density at radius 1 is 1.19 bits per heavy atom. The molecule has 1 unspecified atom stereocenters. The SMILES string of the molecule is C=CCOC(=O)c1ccc2c(c1C)CCC2NC(=O)c1cc(C(=O)NCc2ccnc(C(F)(F)F)n2)nc2c(F)cnn12. The van der Waals surface area contributed by atoms with Crippen LogP contribution in [0.1, 0.15) is 72.0 Å². The molecule has 0 aliphatic heterocycles. The molecule has 11 nitrogen and oxygen atoms in total. The van der Waals surface area contributed by atoms with Crippen molar-refractivity contribution in [1.29, 1.82) is 0 Å². The van der Waals surface area contributed by atoms with Gasteiger partial charge in [0.05, 0.1) is 30.0 Å². The van der Waals surface area contributed by atoms with Crippen LogP contribution in [0.5, 0.6) is 0 Å². The van der Waals surface area contributed by atoms with Crippen molar-refractivity contribution in [2.24, 2.45) is 0 Å².